The van der Waals surface area contributed by atoms with Gasteiger partial charge in [0.1, 0.15) is 6.04 Å². The zero-order chi connectivity index (χ0) is 14.8. The highest BCUT2D eigenvalue weighted by Gasteiger charge is 2.45. The Hall–Kier alpha value is -1.10. The van der Waals surface area contributed by atoms with Crippen molar-refractivity contribution in [2.24, 2.45) is 17.1 Å². The van der Waals surface area contributed by atoms with Crippen LogP contribution in [-0.2, 0) is 9.59 Å². The van der Waals surface area contributed by atoms with Crippen LogP contribution in [0.1, 0.15) is 47.0 Å². The first-order valence-corrected chi connectivity index (χ1v) is 7.01. The van der Waals surface area contributed by atoms with Gasteiger partial charge in [-0.3, -0.25) is 4.79 Å². The summed E-state index contributed by atoms with van der Waals surface area (Å²) in [6, 6.07) is -1.38. The topological polar surface area (TPSA) is 83.6 Å². The molecule has 0 aliphatic carbocycles. The third-order valence-electron chi connectivity index (χ3n) is 4.33. The maximum absolute atomic E-state index is 12.4. The number of amides is 1. The number of hydrogen-bond donors (Lipinski definition) is 2. The lowest BCUT2D eigenvalue weighted by Gasteiger charge is -2.45. The number of carboxylic acids is 1. The standard InChI is InChI=1S/C14H26N2O3/c1-5-9(2)10(15)12(17)16-8-6-7-14(3,4)11(16)13(18)19/h9-11H,5-8,15H2,1-4H3,(H,18,19)/t9?,10-,11?/m0/s1. The minimum Gasteiger partial charge on any atom is -0.480 e. The second kappa shape index (κ2) is 5.90. The van der Waals surface area contributed by atoms with Crippen LogP contribution in [-0.4, -0.2) is 40.5 Å². The van der Waals surface area contributed by atoms with Crippen molar-refractivity contribution in [2.45, 2.75) is 59.0 Å². The Morgan fingerprint density at radius 2 is 2.05 bits per heavy atom. The number of aliphatic carboxylic acids is 1. The summed E-state index contributed by atoms with van der Waals surface area (Å²) in [4.78, 5) is 25.4. The van der Waals surface area contributed by atoms with E-state index < -0.39 is 23.5 Å². The second-order valence-corrected chi connectivity index (χ2v) is 6.28. The molecule has 5 nitrogen and oxygen atoms in total. The van der Waals surface area contributed by atoms with Crippen LogP contribution >= 0.6 is 0 Å². The van der Waals surface area contributed by atoms with E-state index in [1.165, 1.54) is 4.90 Å². The molecule has 1 fully saturated rings. The number of nitrogens with zero attached hydrogens (tertiary/aromatic N) is 1. The van der Waals surface area contributed by atoms with Gasteiger partial charge in [-0.05, 0) is 24.2 Å². The fraction of sp³-hybridized carbons (Fsp3) is 0.857. The van der Waals surface area contributed by atoms with Crippen LogP contribution in [0.15, 0.2) is 0 Å². The lowest BCUT2D eigenvalue weighted by molar-refractivity contribution is -0.160. The van der Waals surface area contributed by atoms with Gasteiger partial charge in [-0.15, -0.1) is 0 Å². The zero-order valence-electron chi connectivity index (χ0n) is 12.3. The quantitative estimate of drug-likeness (QED) is 0.810. The lowest BCUT2D eigenvalue weighted by Crippen LogP contribution is -2.60. The predicted molar refractivity (Wildman–Crippen MR) is 73.6 cm³/mol. The molecule has 1 saturated heterocycles. The molecule has 1 heterocycles. The van der Waals surface area contributed by atoms with Gasteiger partial charge in [0, 0.05) is 6.54 Å². The molecule has 0 aromatic carbocycles. The molecule has 5 heteroatoms. The first-order chi connectivity index (χ1) is 8.72. The molecular weight excluding hydrogens is 244 g/mol. The summed E-state index contributed by atoms with van der Waals surface area (Å²) < 4.78 is 0. The first kappa shape index (κ1) is 16.0. The third kappa shape index (κ3) is 3.26. The molecule has 1 rings (SSSR count). The Morgan fingerprint density at radius 1 is 1.47 bits per heavy atom. The van der Waals surface area contributed by atoms with Crippen LogP contribution in [0, 0.1) is 11.3 Å². The van der Waals surface area contributed by atoms with E-state index in [1.807, 2.05) is 27.7 Å². The Balaban J connectivity index is 2.96. The van der Waals surface area contributed by atoms with Crippen molar-refractivity contribution in [3.63, 3.8) is 0 Å². The first-order valence-electron chi connectivity index (χ1n) is 7.01. The van der Waals surface area contributed by atoms with Crippen molar-refractivity contribution in [2.75, 3.05) is 6.54 Å². The molecule has 110 valence electrons. The third-order valence-corrected chi connectivity index (χ3v) is 4.33. The van der Waals surface area contributed by atoms with Crippen molar-refractivity contribution in [1.29, 1.82) is 0 Å². The fourth-order valence-electron chi connectivity index (χ4n) is 2.79. The van der Waals surface area contributed by atoms with Gasteiger partial charge in [0.25, 0.3) is 0 Å². The summed E-state index contributed by atoms with van der Waals surface area (Å²) in [5.41, 5.74) is 5.56. The van der Waals surface area contributed by atoms with Gasteiger partial charge in [-0.1, -0.05) is 34.1 Å². The van der Waals surface area contributed by atoms with Crippen LogP contribution in [0.25, 0.3) is 0 Å². The molecule has 19 heavy (non-hydrogen) atoms. The van der Waals surface area contributed by atoms with Crippen molar-refractivity contribution < 1.29 is 14.7 Å². The summed E-state index contributed by atoms with van der Waals surface area (Å²) >= 11 is 0. The predicted octanol–water partition coefficient (Wildman–Crippen LogP) is 1.46. The maximum atomic E-state index is 12.4. The largest absolute Gasteiger partial charge is 0.480 e. The number of carbonyl (C=O) groups is 2. The van der Waals surface area contributed by atoms with Crippen molar-refractivity contribution in [1.82, 2.24) is 4.90 Å². The van der Waals surface area contributed by atoms with Gasteiger partial charge in [-0.25, -0.2) is 4.79 Å². The summed E-state index contributed by atoms with van der Waals surface area (Å²) in [5, 5.41) is 9.44. The molecule has 3 N–H and O–H groups in total. The van der Waals surface area contributed by atoms with Gasteiger partial charge in [0.05, 0.1) is 6.04 Å². The normalized spacial score (nSPS) is 25.7. The van der Waals surface area contributed by atoms with Crippen LogP contribution in [0.4, 0.5) is 0 Å². The molecule has 1 aliphatic heterocycles. The number of nitrogens with two attached hydrogens (primary N) is 1. The average molecular weight is 270 g/mol. The van der Waals surface area contributed by atoms with Crippen LogP contribution in [0.5, 0.6) is 0 Å². The summed E-state index contributed by atoms with van der Waals surface area (Å²) in [6.45, 7) is 8.20. The number of piperidine rings is 1. The van der Waals surface area contributed by atoms with Gasteiger partial charge >= 0.3 is 5.97 Å². The number of carboxylic acid groups (broad SMARTS) is 1. The van der Waals surface area contributed by atoms with Gasteiger partial charge in [0.2, 0.25) is 5.91 Å². The van der Waals surface area contributed by atoms with E-state index >= 15 is 0 Å². The Morgan fingerprint density at radius 3 is 2.53 bits per heavy atom. The SMILES string of the molecule is CCC(C)[C@H](N)C(=O)N1CCCC(C)(C)C1C(=O)O. The Kier molecular flexibility index (Phi) is 4.96. The van der Waals surface area contributed by atoms with Crippen molar-refractivity contribution >= 4 is 11.9 Å². The van der Waals surface area contributed by atoms with E-state index in [0.717, 1.165) is 19.3 Å². The molecule has 3 atom stereocenters. The average Bonchev–Trinajstić information content (AvgIpc) is 2.33. The highest BCUT2D eigenvalue weighted by atomic mass is 16.4. The van der Waals surface area contributed by atoms with E-state index in [-0.39, 0.29) is 11.8 Å². The molecule has 2 unspecified atom stereocenters. The molecule has 0 radical (unpaired) electrons. The summed E-state index contributed by atoms with van der Waals surface area (Å²) in [7, 11) is 0. The summed E-state index contributed by atoms with van der Waals surface area (Å²) in [6.07, 6.45) is 2.45. The van der Waals surface area contributed by atoms with Gasteiger partial charge in [-0.2, -0.15) is 0 Å². The van der Waals surface area contributed by atoms with E-state index in [4.69, 9.17) is 5.73 Å². The second-order valence-electron chi connectivity index (χ2n) is 6.28. The molecule has 0 spiro atoms. The molecule has 0 aromatic rings. The number of hydrogen-bond acceptors (Lipinski definition) is 3. The minimum absolute atomic E-state index is 0.0620. The highest BCUT2D eigenvalue weighted by Crippen LogP contribution is 2.35. The van der Waals surface area contributed by atoms with E-state index in [0.29, 0.717) is 6.54 Å². The smallest absolute Gasteiger partial charge is 0.326 e. The zero-order valence-corrected chi connectivity index (χ0v) is 12.3. The minimum atomic E-state index is -0.936. The van der Waals surface area contributed by atoms with Crippen molar-refractivity contribution in [3.8, 4) is 0 Å². The lowest BCUT2D eigenvalue weighted by atomic mass is 9.76. The number of likely N-dealkylation sites (tertiary alicyclic amines) is 1. The molecule has 0 saturated carbocycles. The Labute approximate surface area is 115 Å². The number of rotatable bonds is 4. The molecule has 1 aliphatic rings. The number of carbonyl (C=O) groups excluding carboxylic acids is 1. The summed E-state index contributed by atoms with van der Waals surface area (Å²) in [5.74, 6) is -1.10. The monoisotopic (exact) mass is 270 g/mol. The fourth-order valence-corrected chi connectivity index (χ4v) is 2.79. The van der Waals surface area contributed by atoms with Crippen LogP contribution < -0.4 is 5.73 Å². The van der Waals surface area contributed by atoms with E-state index in [1.54, 1.807) is 0 Å². The molecule has 0 bridgehead atoms. The molecular formula is C14H26N2O3. The van der Waals surface area contributed by atoms with Crippen molar-refractivity contribution in [3.05, 3.63) is 0 Å². The van der Waals surface area contributed by atoms with Gasteiger partial charge in [0.15, 0.2) is 0 Å². The molecule has 1 amide bonds. The van der Waals surface area contributed by atoms with Gasteiger partial charge < -0.3 is 15.7 Å². The molecule has 0 aromatic heterocycles. The van der Waals surface area contributed by atoms with E-state index in [2.05, 4.69) is 0 Å². The van der Waals surface area contributed by atoms with Crippen LogP contribution in [0.3, 0.4) is 0 Å². The maximum Gasteiger partial charge on any atom is 0.326 e. The van der Waals surface area contributed by atoms with Crippen LogP contribution in [0.2, 0.25) is 0 Å². The Bertz CT molecular complexity index is 355. The highest BCUT2D eigenvalue weighted by molar-refractivity contribution is 5.87. The van der Waals surface area contributed by atoms with E-state index in [9.17, 15) is 14.7 Å².